The third kappa shape index (κ3) is 9.64. The second-order valence-electron chi connectivity index (χ2n) is 9.00. The SMILES string of the molecule is COC(=O)[C@H](CCCCNC(=O)OCc1ccccc1)n1cc(SC)nc1[C@H](C)NC(=O)OCc1ccccc1. The maximum absolute atomic E-state index is 12.8. The Kier molecular flexibility index (Phi) is 12.4. The molecule has 0 radical (unpaired) electrons. The van der Waals surface area contributed by atoms with Gasteiger partial charge in [-0.1, -0.05) is 60.7 Å². The maximum Gasteiger partial charge on any atom is 0.408 e. The van der Waals surface area contributed by atoms with E-state index in [0.29, 0.717) is 36.7 Å². The van der Waals surface area contributed by atoms with Gasteiger partial charge in [-0.3, -0.25) is 0 Å². The van der Waals surface area contributed by atoms with Crippen LogP contribution in [0.4, 0.5) is 9.59 Å². The molecule has 0 bridgehead atoms. The molecule has 2 aromatic carbocycles. The third-order valence-electron chi connectivity index (χ3n) is 6.08. The molecule has 0 unspecified atom stereocenters. The molecule has 0 saturated heterocycles. The van der Waals surface area contributed by atoms with Crippen molar-refractivity contribution in [1.82, 2.24) is 20.2 Å². The minimum Gasteiger partial charge on any atom is -0.467 e. The van der Waals surface area contributed by atoms with Gasteiger partial charge in [0, 0.05) is 12.7 Å². The van der Waals surface area contributed by atoms with Crippen LogP contribution in [-0.2, 0) is 32.2 Å². The number of nitrogens with zero attached hydrogens (tertiary/aromatic N) is 2. The van der Waals surface area contributed by atoms with Crippen LogP contribution in [0.15, 0.2) is 71.9 Å². The Labute approximate surface area is 238 Å². The van der Waals surface area contributed by atoms with Gasteiger partial charge in [-0.15, -0.1) is 11.8 Å². The zero-order valence-electron chi connectivity index (χ0n) is 23.0. The molecule has 40 heavy (non-hydrogen) atoms. The summed E-state index contributed by atoms with van der Waals surface area (Å²) in [6, 6.07) is 17.7. The van der Waals surface area contributed by atoms with Crippen LogP contribution >= 0.6 is 11.8 Å². The summed E-state index contributed by atoms with van der Waals surface area (Å²) < 4.78 is 17.4. The molecular weight excluding hydrogens is 532 g/mol. The summed E-state index contributed by atoms with van der Waals surface area (Å²) >= 11 is 1.43. The molecular formula is C29H36N4O6S. The Morgan fingerprint density at radius 2 is 1.52 bits per heavy atom. The van der Waals surface area contributed by atoms with E-state index in [1.54, 1.807) is 17.7 Å². The largest absolute Gasteiger partial charge is 0.467 e. The molecule has 0 aliphatic rings. The highest BCUT2D eigenvalue weighted by atomic mass is 32.2. The third-order valence-corrected chi connectivity index (χ3v) is 6.69. The minimum absolute atomic E-state index is 0.141. The highest BCUT2D eigenvalue weighted by molar-refractivity contribution is 7.98. The van der Waals surface area contributed by atoms with E-state index in [1.165, 1.54) is 18.9 Å². The second kappa shape index (κ2) is 16.2. The quantitative estimate of drug-likeness (QED) is 0.115. The normalized spacial score (nSPS) is 12.2. The van der Waals surface area contributed by atoms with E-state index in [-0.39, 0.29) is 13.2 Å². The topological polar surface area (TPSA) is 121 Å². The number of imidazole rings is 1. The molecule has 3 aromatic rings. The summed E-state index contributed by atoms with van der Waals surface area (Å²) in [5, 5.41) is 6.24. The van der Waals surface area contributed by atoms with Crippen molar-refractivity contribution >= 4 is 29.9 Å². The highest BCUT2D eigenvalue weighted by Gasteiger charge is 2.27. The fraction of sp³-hybridized carbons (Fsp3) is 0.379. The number of benzene rings is 2. The molecule has 0 fully saturated rings. The van der Waals surface area contributed by atoms with Crippen LogP contribution in [-0.4, -0.2) is 47.6 Å². The first kappa shape index (κ1) is 30.6. The van der Waals surface area contributed by atoms with Gasteiger partial charge in [-0.2, -0.15) is 0 Å². The van der Waals surface area contributed by atoms with Gasteiger partial charge in [0.05, 0.1) is 13.2 Å². The Morgan fingerprint density at radius 1 is 0.925 bits per heavy atom. The lowest BCUT2D eigenvalue weighted by Gasteiger charge is -2.21. The lowest BCUT2D eigenvalue weighted by Crippen LogP contribution is -2.31. The average Bonchev–Trinajstić information content (AvgIpc) is 3.42. The van der Waals surface area contributed by atoms with Crippen LogP contribution in [0.25, 0.3) is 0 Å². The predicted octanol–water partition coefficient (Wildman–Crippen LogP) is 5.40. The number of unbranched alkanes of at least 4 members (excludes halogenated alkanes) is 1. The highest BCUT2D eigenvalue weighted by Crippen LogP contribution is 2.26. The molecule has 0 aliphatic carbocycles. The van der Waals surface area contributed by atoms with E-state index < -0.39 is 30.2 Å². The van der Waals surface area contributed by atoms with Crippen molar-refractivity contribution in [2.45, 2.75) is 56.5 Å². The summed E-state index contributed by atoms with van der Waals surface area (Å²) in [5.74, 6) is 0.0967. The van der Waals surface area contributed by atoms with E-state index in [9.17, 15) is 14.4 Å². The second-order valence-corrected chi connectivity index (χ2v) is 9.83. The van der Waals surface area contributed by atoms with Crippen molar-refractivity contribution in [2.24, 2.45) is 0 Å². The number of hydrogen-bond acceptors (Lipinski definition) is 8. The average molecular weight is 569 g/mol. The number of aromatic nitrogens is 2. The van der Waals surface area contributed by atoms with Gasteiger partial charge in [0.2, 0.25) is 0 Å². The monoisotopic (exact) mass is 568 g/mol. The van der Waals surface area contributed by atoms with Crippen LogP contribution in [0.2, 0.25) is 0 Å². The molecule has 1 heterocycles. The van der Waals surface area contributed by atoms with Crippen LogP contribution < -0.4 is 10.6 Å². The molecule has 0 spiro atoms. The number of hydrogen-bond donors (Lipinski definition) is 2. The standard InChI is InChI=1S/C29H36N4O6S/c1-21(31-29(36)39-20-23-14-8-5-9-15-23)26-32-25(40-3)18-33(26)24(27(34)37-2)16-10-11-17-30-28(35)38-19-22-12-6-4-7-13-22/h4-9,12-15,18,21,24H,10-11,16-17,19-20H2,1-3H3,(H,30,35)(H,31,36)/t21-,24-/m0/s1. The van der Waals surface area contributed by atoms with Gasteiger partial charge in [-0.05, 0) is 43.6 Å². The van der Waals surface area contributed by atoms with Crippen molar-refractivity contribution in [3.63, 3.8) is 0 Å². The van der Waals surface area contributed by atoms with Gasteiger partial charge < -0.3 is 29.4 Å². The van der Waals surface area contributed by atoms with E-state index in [4.69, 9.17) is 14.2 Å². The molecule has 0 saturated carbocycles. The number of carbonyl (C=O) groups excluding carboxylic acids is 3. The van der Waals surface area contributed by atoms with E-state index in [1.807, 2.05) is 66.9 Å². The number of carbonyl (C=O) groups is 3. The summed E-state index contributed by atoms with van der Waals surface area (Å²) in [6.45, 7) is 2.53. The van der Waals surface area contributed by atoms with Gasteiger partial charge in [-0.25, -0.2) is 19.4 Å². The fourth-order valence-corrected chi connectivity index (χ4v) is 4.40. The summed E-state index contributed by atoms with van der Waals surface area (Å²) in [7, 11) is 1.34. The molecule has 2 N–H and O–H groups in total. The molecule has 2 atom stereocenters. The first-order chi connectivity index (χ1) is 19.4. The molecule has 0 aliphatic heterocycles. The van der Waals surface area contributed by atoms with Gasteiger partial charge in [0.1, 0.15) is 30.1 Å². The number of amides is 2. The smallest absolute Gasteiger partial charge is 0.408 e. The van der Waals surface area contributed by atoms with Crippen LogP contribution in [0, 0.1) is 0 Å². The van der Waals surface area contributed by atoms with E-state index in [2.05, 4.69) is 15.6 Å². The molecule has 2 amide bonds. The first-order valence-corrected chi connectivity index (χ1v) is 14.3. The van der Waals surface area contributed by atoms with Crippen molar-refractivity contribution in [2.75, 3.05) is 19.9 Å². The first-order valence-electron chi connectivity index (χ1n) is 13.0. The number of nitrogens with one attached hydrogen (secondary N) is 2. The van der Waals surface area contributed by atoms with Crippen LogP contribution in [0.1, 0.15) is 55.2 Å². The molecule has 1 aromatic heterocycles. The zero-order valence-corrected chi connectivity index (χ0v) is 23.8. The van der Waals surface area contributed by atoms with Gasteiger partial charge in [0.25, 0.3) is 0 Å². The predicted molar refractivity (Wildman–Crippen MR) is 152 cm³/mol. The number of rotatable bonds is 14. The lowest BCUT2D eigenvalue weighted by molar-refractivity contribution is -0.145. The molecule has 3 rings (SSSR count). The van der Waals surface area contributed by atoms with E-state index in [0.717, 1.165) is 11.1 Å². The molecule has 214 valence electrons. The Hall–Kier alpha value is -3.99. The van der Waals surface area contributed by atoms with Crippen LogP contribution in [0.5, 0.6) is 0 Å². The maximum atomic E-state index is 12.8. The van der Waals surface area contributed by atoms with Gasteiger partial charge >= 0.3 is 18.2 Å². The van der Waals surface area contributed by atoms with Crippen LogP contribution in [0.3, 0.4) is 0 Å². The minimum atomic E-state index is -0.650. The number of thioether (sulfide) groups is 1. The van der Waals surface area contributed by atoms with Crippen molar-refractivity contribution in [3.05, 3.63) is 83.8 Å². The summed E-state index contributed by atoms with van der Waals surface area (Å²) in [6.07, 6.45) is 4.31. The lowest BCUT2D eigenvalue weighted by atomic mass is 10.1. The van der Waals surface area contributed by atoms with Crippen molar-refractivity contribution < 1.29 is 28.6 Å². The number of alkyl carbamates (subject to hydrolysis) is 2. The Morgan fingerprint density at radius 3 is 2.10 bits per heavy atom. The number of esters is 1. The molecule has 11 heteroatoms. The Bertz CT molecular complexity index is 1220. The Balaban J connectivity index is 1.54. The van der Waals surface area contributed by atoms with Gasteiger partial charge in [0.15, 0.2) is 0 Å². The van der Waals surface area contributed by atoms with Crippen molar-refractivity contribution in [1.29, 1.82) is 0 Å². The molecule has 10 nitrogen and oxygen atoms in total. The summed E-state index contributed by atoms with van der Waals surface area (Å²) in [4.78, 5) is 41.9. The number of methoxy groups -OCH3 is 1. The fourth-order valence-electron chi connectivity index (χ4n) is 3.99. The summed E-state index contributed by atoms with van der Waals surface area (Å²) in [5.41, 5.74) is 1.79. The number of ether oxygens (including phenoxy) is 3. The van der Waals surface area contributed by atoms with Crippen molar-refractivity contribution in [3.8, 4) is 0 Å². The van der Waals surface area contributed by atoms with E-state index >= 15 is 0 Å². The zero-order chi connectivity index (χ0) is 28.7.